The lowest BCUT2D eigenvalue weighted by molar-refractivity contribution is -0.525. The van der Waals surface area contributed by atoms with Gasteiger partial charge < -0.3 is 30.7 Å². The van der Waals surface area contributed by atoms with Crippen LogP contribution in [0, 0.1) is 33.3 Å². The first-order chi connectivity index (χ1) is 21.8. The molecule has 46 heavy (non-hydrogen) atoms. The summed E-state index contributed by atoms with van der Waals surface area (Å²) in [7, 11) is -0.590. The Morgan fingerprint density at radius 1 is 1.22 bits per heavy atom. The lowest BCUT2D eigenvalue weighted by atomic mass is 9.43. The van der Waals surface area contributed by atoms with Crippen LogP contribution in [0.1, 0.15) is 78.7 Å². The molecule has 1 aliphatic heterocycles. The number of aromatic nitrogens is 1. The summed E-state index contributed by atoms with van der Waals surface area (Å²) in [5.74, 6) is -0.0470. The van der Waals surface area contributed by atoms with Gasteiger partial charge in [-0.3, -0.25) is 9.59 Å². The third-order valence-electron chi connectivity index (χ3n) is 10.4. The highest BCUT2D eigenvalue weighted by atomic mass is 16.7. The molecule has 2 bridgehead atoms. The first-order valence-electron chi connectivity index (χ1n) is 16.5. The number of amides is 2. The van der Waals surface area contributed by atoms with E-state index < -0.39 is 29.7 Å². The number of aromatic amines is 1. The van der Waals surface area contributed by atoms with E-state index in [2.05, 4.69) is 55.2 Å². The van der Waals surface area contributed by atoms with E-state index in [0.29, 0.717) is 31.1 Å². The molecule has 6 atom stereocenters. The summed E-state index contributed by atoms with van der Waals surface area (Å²) in [6.45, 7) is 11.1. The number of para-hydroxylation sites is 1. The van der Waals surface area contributed by atoms with Crippen LogP contribution in [0.15, 0.2) is 35.5 Å². The fraction of sp³-hybridized carbons (Fsp3) is 0.656. The highest BCUT2D eigenvalue weighted by molar-refractivity contribution is 6.48. The average Bonchev–Trinajstić information content (AvgIpc) is 3.57. The van der Waals surface area contributed by atoms with Gasteiger partial charge in [-0.25, -0.2) is 15.1 Å². The summed E-state index contributed by atoms with van der Waals surface area (Å²) >= 11 is 0. The van der Waals surface area contributed by atoms with Crippen molar-refractivity contribution in [3.05, 3.63) is 46.1 Å². The lowest BCUT2D eigenvalue weighted by Gasteiger charge is -2.64. The van der Waals surface area contributed by atoms with Gasteiger partial charge in [0, 0.05) is 30.1 Å². The van der Waals surface area contributed by atoms with E-state index in [9.17, 15) is 19.7 Å². The van der Waals surface area contributed by atoms with Crippen molar-refractivity contribution in [2.24, 2.45) is 33.9 Å². The Morgan fingerprint density at radius 3 is 2.70 bits per heavy atom. The van der Waals surface area contributed by atoms with E-state index >= 15 is 0 Å². The van der Waals surface area contributed by atoms with Crippen molar-refractivity contribution >= 4 is 35.8 Å². The van der Waals surface area contributed by atoms with E-state index in [1.54, 1.807) is 0 Å². The number of fused-ring (bicyclic) bond motifs is 1. The van der Waals surface area contributed by atoms with Crippen LogP contribution in [0.4, 0.5) is 0 Å². The van der Waals surface area contributed by atoms with Crippen molar-refractivity contribution in [3.8, 4) is 0 Å². The maximum atomic E-state index is 13.9. The highest BCUT2D eigenvalue weighted by Crippen LogP contribution is 2.65. The van der Waals surface area contributed by atoms with Crippen LogP contribution in [0.3, 0.4) is 0 Å². The second kappa shape index (κ2) is 13.6. The monoisotopic (exact) mass is 637 g/mol. The second-order valence-corrected chi connectivity index (χ2v) is 14.3. The molecular weight excluding hydrogens is 589 g/mol. The smallest absolute Gasteiger partial charge is 0.404 e. The number of nitrogens with zero attached hydrogens (tertiary/aromatic N) is 2. The average molecular weight is 638 g/mol. The molecule has 250 valence electrons. The maximum Gasteiger partial charge on any atom is 0.481 e. The van der Waals surface area contributed by atoms with Crippen molar-refractivity contribution in [2.45, 2.75) is 103 Å². The largest absolute Gasteiger partial charge is 0.481 e. The molecule has 6 rings (SSSR count). The van der Waals surface area contributed by atoms with E-state index in [0.717, 1.165) is 29.3 Å². The SMILES string of the molecule is CC(C)C[C@H](NC(=O)[C@H](CCCN=C(N)N[N+](=O)[O-])NC(=O)CCc1c[nH]c2ccccc12)B1O[C@@H]2C[C@H]3C[C@H](C3(C)C)[C@]2(C)O1. The van der Waals surface area contributed by atoms with Crippen molar-refractivity contribution in [3.63, 3.8) is 0 Å². The molecular formula is C32H48BN7O6. The summed E-state index contributed by atoms with van der Waals surface area (Å²) < 4.78 is 13.3. The van der Waals surface area contributed by atoms with Crippen molar-refractivity contribution in [1.82, 2.24) is 21.0 Å². The molecule has 14 heteroatoms. The van der Waals surface area contributed by atoms with Gasteiger partial charge in [0.1, 0.15) is 6.04 Å². The van der Waals surface area contributed by atoms with Gasteiger partial charge in [0.15, 0.2) is 5.03 Å². The normalized spacial score (nSPS) is 26.3. The van der Waals surface area contributed by atoms with Crippen molar-refractivity contribution in [1.29, 1.82) is 0 Å². The van der Waals surface area contributed by atoms with Gasteiger partial charge in [0.05, 0.1) is 17.6 Å². The van der Waals surface area contributed by atoms with Crippen LogP contribution in [0.2, 0.25) is 0 Å². The standard InChI is InChI=1S/C32H48BN7O6/c1-19(2)15-27(33-45-26-17-21-16-25(31(21,3)4)32(26,5)46-33)38-29(42)24(11-8-14-35-30(34)39-40(43)44)37-28(41)13-12-20-18-36-23-10-7-6-9-22(20)23/h6-7,9-10,18-19,21,24-27,36H,8,11-17H2,1-5H3,(H,37,41)(H,38,42)(H3,34,35,39)/t21-,24+,25-,26-,27+,32+/m1/s1. The molecule has 4 aliphatic rings. The van der Waals surface area contributed by atoms with Crippen LogP contribution in [-0.4, -0.2) is 65.1 Å². The quantitative estimate of drug-likeness (QED) is 0.0522. The number of nitro groups is 1. The van der Waals surface area contributed by atoms with Crippen LogP contribution in [0.25, 0.3) is 10.9 Å². The summed E-state index contributed by atoms with van der Waals surface area (Å²) in [6, 6.07) is 7.06. The Hall–Kier alpha value is -3.65. The number of hydrazine groups is 1. The third kappa shape index (κ3) is 7.17. The number of nitrogens with one attached hydrogen (secondary N) is 4. The maximum absolute atomic E-state index is 13.9. The van der Waals surface area contributed by atoms with Gasteiger partial charge in [-0.05, 0) is 80.2 Å². The summed E-state index contributed by atoms with van der Waals surface area (Å²) in [4.78, 5) is 44.9. The number of hydrogen-bond acceptors (Lipinski definition) is 7. The first kappa shape index (κ1) is 33.7. The molecule has 6 N–H and O–H groups in total. The Kier molecular flexibility index (Phi) is 9.97. The predicted molar refractivity (Wildman–Crippen MR) is 176 cm³/mol. The zero-order chi connectivity index (χ0) is 33.2. The molecule has 2 aromatic rings. The van der Waals surface area contributed by atoms with Crippen LogP contribution in [0.5, 0.6) is 0 Å². The van der Waals surface area contributed by atoms with Gasteiger partial charge in [-0.1, -0.05) is 51.3 Å². The number of nitrogens with two attached hydrogens (primary N) is 1. The predicted octanol–water partition coefficient (Wildman–Crippen LogP) is 3.26. The van der Waals surface area contributed by atoms with Crippen LogP contribution in [-0.2, 0) is 25.3 Å². The van der Waals surface area contributed by atoms with Crippen LogP contribution < -0.4 is 21.8 Å². The molecule has 0 unspecified atom stereocenters. The first-order valence-corrected chi connectivity index (χ1v) is 16.5. The Labute approximate surface area is 270 Å². The number of hydrogen-bond donors (Lipinski definition) is 5. The number of carbonyl (C=O) groups is 2. The van der Waals surface area contributed by atoms with Crippen molar-refractivity contribution in [2.75, 3.05) is 6.54 Å². The third-order valence-corrected chi connectivity index (χ3v) is 10.4. The van der Waals surface area contributed by atoms with E-state index in [1.165, 1.54) is 0 Å². The molecule has 3 aliphatic carbocycles. The number of guanidine groups is 1. The fourth-order valence-electron chi connectivity index (χ4n) is 7.85. The fourth-order valence-corrected chi connectivity index (χ4v) is 7.85. The van der Waals surface area contributed by atoms with Crippen molar-refractivity contribution < 1.29 is 23.9 Å². The molecule has 2 heterocycles. The minimum Gasteiger partial charge on any atom is -0.404 e. The highest BCUT2D eigenvalue weighted by Gasteiger charge is 2.68. The van der Waals surface area contributed by atoms with E-state index in [4.69, 9.17) is 15.0 Å². The summed E-state index contributed by atoms with van der Waals surface area (Å²) in [5.41, 5.74) is 9.18. The number of H-pyrrole nitrogens is 1. The second-order valence-electron chi connectivity index (χ2n) is 14.3. The Bertz CT molecular complexity index is 1460. The number of benzene rings is 1. The minimum atomic E-state index is -0.851. The van der Waals surface area contributed by atoms with Crippen LogP contribution >= 0.6 is 0 Å². The van der Waals surface area contributed by atoms with Gasteiger partial charge in [0.25, 0.3) is 5.96 Å². The van der Waals surface area contributed by atoms with Gasteiger partial charge in [-0.15, -0.1) is 0 Å². The van der Waals surface area contributed by atoms with Gasteiger partial charge >= 0.3 is 7.12 Å². The molecule has 1 aromatic carbocycles. The molecule has 0 radical (unpaired) electrons. The zero-order valence-electron chi connectivity index (χ0n) is 27.5. The zero-order valence-corrected chi connectivity index (χ0v) is 27.5. The molecule has 1 saturated heterocycles. The molecule has 13 nitrogen and oxygen atoms in total. The summed E-state index contributed by atoms with van der Waals surface area (Å²) in [6.07, 6.45) is 5.95. The topological polar surface area (TPSA) is 186 Å². The van der Waals surface area contributed by atoms with Gasteiger partial charge in [-0.2, -0.15) is 0 Å². The molecule has 0 spiro atoms. The molecule has 2 amide bonds. The number of carbonyl (C=O) groups excluding carboxylic acids is 2. The number of aliphatic imine (C=N–C) groups is 1. The molecule has 1 aromatic heterocycles. The van der Waals surface area contributed by atoms with E-state index in [1.807, 2.05) is 35.9 Å². The summed E-state index contributed by atoms with van der Waals surface area (Å²) in [5, 5.41) is 17.0. The molecule has 3 saturated carbocycles. The number of aryl methyl sites for hydroxylation is 1. The Balaban J connectivity index is 1.25. The minimum absolute atomic E-state index is 0.0167. The molecule has 4 fully saturated rings. The Morgan fingerprint density at radius 2 is 1.98 bits per heavy atom. The lowest BCUT2D eigenvalue weighted by Crippen LogP contribution is -2.65. The van der Waals surface area contributed by atoms with E-state index in [-0.39, 0.29) is 54.6 Å². The van der Waals surface area contributed by atoms with Gasteiger partial charge in [0.2, 0.25) is 11.8 Å². The number of rotatable bonds is 14.